The Morgan fingerprint density at radius 1 is 1.50 bits per heavy atom. The highest BCUT2D eigenvalue weighted by Gasteiger charge is 2.22. The van der Waals surface area contributed by atoms with Gasteiger partial charge < -0.3 is 15.8 Å². The molecule has 0 radical (unpaired) electrons. The third-order valence-electron chi connectivity index (χ3n) is 1.92. The minimum atomic E-state index is -0.685. The Labute approximate surface area is 106 Å². The van der Waals surface area contributed by atoms with Crippen LogP contribution in [0.5, 0.6) is 0 Å². The smallest absolute Gasteiger partial charge is 0.350 e. The van der Waals surface area contributed by atoms with Crippen LogP contribution >= 0.6 is 11.3 Å². The van der Waals surface area contributed by atoms with Gasteiger partial charge in [-0.25, -0.2) is 4.79 Å². The molecule has 0 saturated carbocycles. The number of carbonyl (C=O) groups excluding carboxylic acids is 2. The van der Waals surface area contributed by atoms with Crippen molar-refractivity contribution in [3.05, 3.63) is 10.4 Å². The van der Waals surface area contributed by atoms with Gasteiger partial charge in [-0.15, -0.1) is 11.3 Å². The third-order valence-corrected chi connectivity index (χ3v) is 3.02. The summed E-state index contributed by atoms with van der Waals surface area (Å²) < 4.78 is 4.50. The Bertz CT molecular complexity index is 579. The van der Waals surface area contributed by atoms with Gasteiger partial charge in [0.2, 0.25) is 5.91 Å². The number of nitrogens with one attached hydrogen (secondary N) is 1. The van der Waals surface area contributed by atoms with Crippen molar-refractivity contribution in [2.75, 3.05) is 18.2 Å². The number of anilines is 2. The molecule has 0 aliphatic rings. The van der Waals surface area contributed by atoms with Crippen molar-refractivity contribution in [3.8, 4) is 12.1 Å². The molecule has 0 atom stereocenters. The molecule has 0 fully saturated rings. The molecule has 1 amide bonds. The molecule has 3 N–H and O–H groups in total. The highest BCUT2D eigenvalue weighted by atomic mass is 32.1. The maximum Gasteiger partial charge on any atom is 0.350 e. The third kappa shape index (κ3) is 2.56. The topological polar surface area (TPSA) is 129 Å². The predicted octanol–water partition coefficient (Wildman–Crippen LogP) is 0.841. The van der Waals surface area contributed by atoms with Crippen LogP contribution in [0.3, 0.4) is 0 Å². The summed E-state index contributed by atoms with van der Waals surface area (Å²) >= 11 is 0.834. The first-order valence-corrected chi connectivity index (χ1v) is 5.44. The number of nitrogen functional groups attached to an aromatic ring is 1. The fourth-order valence-electron chi connectivity index (χ4n) is 1.13. The second kappa shape index (κ2) is 5.66. The van der Waals surface area contributed by atoms with Gasteiger partial charge in [-0.05, 0) is 0 Å². The average molecular weight is 264 g/mol. The van der Waals surface area contributed by atoms with Gasteiger partial charge in [0.15, 0.2) is 0 Å². The van der Waals surface area contributed by atoms with Crippen LogP contribution < -0.4 is 11.1 Å². The summed E-state index contributed by atoms with van der Waals surface area (Å²) in [6.07, 6.45) is -0.351. The number of hydrogen-bond donors (Lipinski definition) is 2. The Hall–Kier alpha value is -2.58. The quantitative estimate of drug-likeness (QED) is 0.778. The van der Waals surface area contributed by atoms with E-state index in [0.29, 0.717) is 0 Å². The van der Waals surface area contributed by atoms with Crippen molar-refractivity contribution in [1.29, 1.82) is 10.5 Å². The molecule has 0 saturated heterocycles. The van der Waals surface area contributed by atoms with Crippen LogP contribution in [-0.4, -0.2) is 19.0 Å². The summed E-state index contributed by atoms with van der Waals surface area (Å²) in [4.78, 5) is 22.7. The van der Waals surface area contributed by atoms with E-state index >= 15 is 0 Å². The van der Waals surface area contributed by atoms with Crippen molar-refractivity contribution in [2.24, 2.45) is 0 Å². The molecule has 0 spiro atoms. The van der Waals surface area contributed by atoms with Gasteiger partial charge in [0.1, 0.15) is 27.9 Å². The van der Waals surface area contributed by atoms with E-state index in [9.17, 15) is 9.59 Å². The van der Waals surface area contributed by atoms with Gasteiger partial charge in [0, 0.05) is 0 Å². The highest BCUT2D eigenvalue weighted by molar-refractivity contribution is 7.19. The molecular formula is C10H8N4O3S. The van der Waals surface area contributed by atoms with E-state index in [1.807, 2.05) is 0 Å². The Balaban J connectivity index is 3.14. The average Bonchev–Trinajstić information content (AvgIpc) is 2.65. The largest absolute Gasteiger partial charge is 0.465 e. The monoisotopic (exact) mass is 264 g/mol. The molecule has 18 heavy (non-hydrogen) atoms. The zero-order valence-corrected chi connectivity index (χ0v) is 10.1. The van der Waals surface area contributed by atoms with Crippen LogP contribution in [-0.2, 0) is 9.53 Å². The van der Waals surface area contributed by atoms with E-state index < -0.39 is 11.9 Å². The number of nitriles is 2. The summed E-state index contributed by atoms with van der Waals surface area (Å²) in [5.41, 5.74) is 5.56. The molecule has 0 aliphatic heterocycles. The van der Waals surface area contributed by atoms with E-state index in [-0.39, 0.29) is 27.5 Å². The fraction of sp³-hybridized carbons (Fsp3) is 0.200. The molecule has 0 aliphatic carbocycles. The zero-order valence-electron chi connectivity index (χ0n) is 9.31. The van der Waals surface area contributed by atoms with Crippen molar-refractivity contribution in [3.63, 3.8) is 0 Å². The lowest BCUT2D eigenvalue weighted by atomic mass is 10.2. The summed E-state index contributed by atoms with van der Waals surface area (Å²) in [5.74, 6) is -1.26. The first-order valence-electron chi connectivity index (χ1n) is 4.62. The van der Waals surface area contributed by atoms with Gasteiger partial charge in [0.05, 0.1) is 18.9 Å². The Morgan fingerprint density at radius 2 is 2.17 bits per heavy atom. The highest BCUT2D eigenvalue weighted by Crippen LogP contribution is 2.35. The van der Waals surface area contributed by atoms with Crippen LogP contribution in [0.1, 0.15) is 21.7 Å². The first kappa shape index (κ1) is 13.5. The van der Waals surface area contributed by atoms with E-state index in [1.54, 1.807) is 12.1 Å². The lowest BCUT2D eigenvalue weighted by molar-refractivity contribution is -0.115. The summed E-state index contributed by atoms with van der Waals surface area (Å²) in [6.45, 7) is 0. The fourth-order valence-corrected chi connectivity index (χ4v) is 2.14. The summed E-state index contributed by atoms with van der Waals surface area (Å²) in [7, 11) is 1.18. The molecule has 92 valence electrons. The van der Waals surface area contributed by atoms with Crippen LogP contribution in [0.25, 0.3) is 0 Å². The number of amides is 1. The Kier molecular flexibility index (Phi) is 4.24. The number of ether oxygens (including phenoxy) is 1. The van der Waals surface area contributed by atoms with Crippen molar-refractivity contribution < 1.29 is 14.3 Å². The number of carbonyl (C=O) groups is 2. The molecule has 1 heterocycles. The Morgan fingerprint density at radius 3 is 2.67 bits per heavy atom. The van der Waals surface area contributed by atoms with Gasteiger partial charge in [-0.1, -0.05) is 0 Å². The zero-order chi connectivity index (χ0) is 13.7. The number of methoxy groups -OCH3 is 1. The normalized spacial score (nSPS) is 9.06. The van der Waals surface area contributed by atoms with Crippen LogP contribution in [0.15, 0.2) is 0 Å². The molecule has 0 unspecified atom stereocenters. The van der Waals surface area contributed by atoms with Gasteiger partial charge in [0.25, 0.3) is 0 Å². The van der Waals surface area contributed by atoms with Crippen LogP contribution in [0, 0.1) is 22.7 Å². The van der Waals surface area contributed by atoms with Crippen LogP contribution in [0.4, 0.5) is 10.7 Å². The van der Waals surface area contributed by atoms with E-state index in [2.05, 4.69) is 10.1 Å². The first-order chi connectivity index (χ1) is 8.54. The molecule has 8 heteroatoms. The summed E-state index contributed by atoms with van der Waals surface area (Å²) in [5, 5.41) is 19.8. The molecule has 7 nitrogen and oxygen atoms in total. The van der Waals surface area contributed by atoms with Crippen molar-refractivity contribution in [1.82, 2.24) is 0 Å². The van der Waals surface area contributed by atoms with Gasteiger partial charge in [-0.3, -0.25) is 4.79 Å². The lowest BCUT2D eigenvalue weighted by Gasteiger charge is -1.98. The number of nitrogens with two attached hydrogens (primary N) is 1. The number of thiophene rings is 1. The van der Waals surface area contributed by atoms with E-state index in [1.165, 1.54) is 7.11 Å². The van der Waals surface area contributed by atoms with Crippen molar-refractivity contribution >= 4 is 33.9 Å². The number of nitrogens with zero attached hydrogens (tertiary/aromatic N) is 2. The van der Waals surface area contributed by atoms with Gasteiger partial charge in [-0.2, -0.15) is 10.5 Å². The van der Waals surface area contributed by atoms with E-state index in [0.717, 1.165) is 11.3 Å². The molecule has 0 bridgehead atoms. The standard InChI is InChI=1S/C10H8N4O3S/c1-17-10(16)8-7(13)5(4-12)9(18-8)14-6(15)2-3-11/h2,13H2,1H3,(H,14,15). The predicted molar refractivity (Wildman–Crippen MR) is 63.6 cm³/mol. The maximum absolute atomic E-state index is 11.4. The number of rotatable bonds is 3. The number of esters is 1. The van der Waals surface area contributed by atoms with E-state index in [4.69, 9.17) is 16.3 Å². The van der Waals surface area contributed by atoms with Crippen LogP contribution in [0.2, 0.25) is 0 Å². The lowest BCUT2D eigenvalue weighted by Crippen LogP contribution is -2.09. The number of hydrogen-bond acceptors (Lipinski definition) is 7. The second-order valence-corrected chi connectivity index (χ2v) is 4.06. The summed E-state index contributed by atoms with van der Waals surface area (Å²) in [6, 6.07) is 3.46. The molecular weight excluding hydrogens is 256 g/mol. The maximum atomic E-state index is 11.4. The molecule has 0 aromatic carbocycles. The SMILES string of the molecule is COC(=O)c1sc(NC(=O)CC#N)c(C#N)c1N. The second-order valence-electron chi connectivity index (χ2n) is 3.04. The minimum absolute atomic E-state index is 0.00769. The van der Waals surface area contributed by atoms with Crippen molar-refractivity contribution in [2.45, 2.75) is 6.42 Å². The van der Waals surface area contributed by atoms with Gasteiger partial charge >= 0.3 is 5.97 Å². The molecule has 1 rings (SSSR count). The molecule has 1 aromatic heterocycles. The molecule has 1 aromatic rings. The minimum Gasteiger partial charge on any atom is -0.465 e.